The van der Waals surface area contributed by atoms with Crippen LogP contribution in [0, 0.1) is 12.8 Å². The average Bonchev–Trinajstić information content (AvgIpc) is 2.64. The average molecular weight is 240 g/mol. The van der Waals surface area contributed by atoms with Gasteiger partial charge in [-0.3, -0.25) is 9.59 Å². The van der Waals surface area contributed by atoms with Gasteiger partial charge in [0.2, 0.25) is 0 Å². The van der Waals surface area contributed by atoms with E-state index in [0.717, 1.165) is 4.88 Å². The summed E-state index contributed by atoms with van der Waals surface area (Å²) in [7, 11) is 0. The minimum atomic E-state index is -0.309. The molecule has 0 N–H and O–H groups in total. The van der Waals surface area contributed by atoms with Crippen molar-refractivity contribution in [1.82, 2.24) is 0 Å². The highest BCUT2D eigenvalue weighted by Gasteiger charge is 2.20. The molecular weight excluding hydrogens is 224 g/mol. The van der Waals surface area contributed by atoms with Crippen molar-refractivity contribution >= 4 is 23.1 Å². The van der Waals surface area contributed by atoms with Gasteiger partial charge in [0.15, 0.2) is 5.78 Å². The standard InChI is InChI=1S/C12H16O3S/c1-4-15-11(13)7-8(2)12(14)10-6-5-9(3)16-10/h5-6,8H,4,7H2,1-3H3. The molecule has 0 aromatic carbocycles. The van der Waals surface area contributed by atoms with Crippen LogP contribution in [0.2, 0.25) is 0 Å². The molecule has 1 rings (SSSR count). The van der Waals surface area contributed by atoms with Crippen molar-refractivity contribution in [2.24, 2.45) is 5.92 Å². The summed E-state index contributed by atoms with van der Waals surface area (Å²) in [4.78, 5) is 24.9. The van der Waals surface area contributed by atoms with Crippen molar-refractivity contribution in [3.05, 3.63) is 21.9 Å². The zero-order valence-corrected chi connectivity index (χ0v) is 10.6. The summed E-state index contributed by atoms with van der Waals surface area (Å²) < 4.78 is 4.82. The summed E-state index contributed by atoms with van der Waals surface area (Å²) in [6.45, 7) is 5.83. The van der Waals surface area contributed by atoms with Crippen LogP contribution >= 0.6 is 11.3 Å². The lowest BCUT2D eigenvalue weighted by Gasteiger charge is -2.07. The SMILES string of the molecule is CCOC(=O)CC(C)C(=O)c1ccc(C)s1. The molecule has 0 aliphatic carbocycles. The number of ketones is 1. The van der Waals surface area contributed by atoms with Gasteiger partial charge in [-0.2, -0.15) is 0 Å². The fourth-order valence-electron chi connectivity index (χ4n) is 1.37. The van der Waals surface area contributed by atoms with E-state index in [0.29, 0.717) is 11.5 Å². The molecule has 0 saturated heterocycles. The van der Waals surface area contributed by atoms with Gasteiger partial charge >= 0.3 is 5.97 Å². The molecule has 0 radical (unpaired) electrons. The Morgan fingerprint density at radius 3 is 2.62 bits per heavy atom. The second kappa shape index (κ2) is 5.80. The highest BCUT2D eigenvalue weighted by atomic mass is 32.1. The Kier molecular flexibility index (Phi) is 4.68. The molecule has 0 spiro atoms. The molecule has 1 unspecified atom stereocenters. The van der Waals surface area contributed by atoms with Crippen molar-refractivity contribution < 1.29 is 14.3 Å². The molecule has 1 atom stereocenters. The number of hydrogen-bond donors (Lipinski definition) is 0. The quantitative estimate of drug-likeness (QED) is 0.587. The third-order valence-corrected chi connectivity index (χ3v) is 3.22. The van der Waals surface area contributed by atoms with Gasteiger partial charge in [-0.05, 0) is 26.0 Å². The monoisotopic (exact) mass is 240 g/mol. The molecule has 0 fully saturated rings. The lowest BCUT2D eigenvalue weighted by atomic mass is 10.0. The van der Waals surface area contributed by atoms with Crippen molar-refractivity contribution in [3.8, 4) is 0 Å². The zero-order valence-electron chi connectivity index (χ0n) is 9.78. The fraction of sp³-hybridized carbons (Fsp3) is 0.500. The first-order valence-electron chi connectivity index (χ1n) is 5.30. The molecule has 1 aromatic rings. The van der Waals surface area contributed by atoms with Crippen LogP contribution < -0.4 is 0 Å². The minimum absolute atomic E-state index is 0.0196. The van der Waals surface area contributed by atoms with Gasteiger partial charge in [-0.25, -0.2) is 0 Å². The van der Waals surface area contributed by atoms with Crippen molar-refractivity contribution in [2.45, 2.75) is 27.2 Å². The molecule has 1 heterocycles. The Labute approximate surface area is 99.4 Å². The van der Waals surface area contributed by atoms with Crippen LogP contribution in [0.5, 0.6) is 0 Å². The summed E-state index contributed by atoms with van der Waals surface area (Å²) in [5.74, 6) is -0.597. The van der Waals surface area contributed by atoms with Crippen molar-refractivity contribution in [1.29, 1.82) is 0 Å². The number of aryl methyl sites for hydroxylation is 1. The molecule has 0 aliphatic rings. The fourth-order valence-corrected chi connectivity index (χ4v) is 2.29. The predicted octanol–water partition coefficient (Wildman–Crippen LogP) is 2.83. The highest BCUT2D eigenvalue weighted by molar-refractivity contribution is 7.14. The van der Waals surface area contributed by atoms with Gasteiger partial charge in [-0.15, -0.1) is 11.3 Å². The van der Waals surface area contributed by atoms with Gasteiger partial charge < -0.3 is 4.74 Å². The van der Waals surface area contributed by atoms with E-state index in [1.54, 1.807) is 13.8 Å². The maximum absolute atomic E-state index is 11.9. The number of hydrogen-bond acceptors (Lipinski definition) is 4. The van der Waals surface area contributed by atoms with E-state index in [4.69, 9.17) is 4.74 Å². The van der Waals surface area contributed by atoms with Gasteiger partial charge in [-0.1, -0.05) is 6.92 Å². The Balaban J connectivity index is 2.57. The van der Waals surface area contributed by atoms with Crippen LogP contribution in [0.3, 0.4) is 0 Å². The molecule has 1 aromatic heterocycles. The smallest absolute Gasteiger partial charge is 0.306 e. The Bertz CT molecular complexity index is 381. The van der Waals surface area contributed by atoms with Crippen molar-refractivity contribution in [2.75, 3.05) is 6.61 Å². The number of carbonyl (C=O) groups is 2. The Morgan fingerprint density at radius 1 is 1.44 bits per heavy atom. The summed E-state index contributed by atoms with van der Waals surface area (Å²) in [6, 6.07) is 3.72. The molecule has 3 nitrogen and oxygen atoms in total. The zero-order chi connectivity index (χ0) is 12.1. The number of Topliss-reactive ketones (excluding diaryl/α,β-unsaturated/α-hetero) is 1. The highest BCUT2D eigenvalue weighted by Crippen LogP contribution is 2.20. The van der Waals surface area contributed by atoms with E-state index < -0.39 is 0 Å². The van der Waals surface area contributed by atoms with Crippen LogP contribution in [0.1, 0.15) is 34.8 Å². The molecule has 0 saturated carbocycles. The van der Waals surface area contributed by atoms with E-state index >= 15 is 0 Å². The van der Waals surface area contributed by atoms with Crippen molar-refractivity contribution in [3.63, 3.8) is 0 Å². The Morgan fingerprint density at radius 2 is 2.12 bits per heavy atom. The molecule has 0 bridgehead atoms. The van der Waals surface area contributed by atoms with Gasteiger partial charge in [0, 0.05) is 10.8 Å². The maximum Gasteiger partial charge on any atom is 0.306 e. The molecule has 0 amide bonds. The maximum atomic E-state index is 11.9. The van der Waals surface area contributed by atoms with Gasteiger partial charge in [0.05, 0.1) is 17.9 Å². The first-order chi connectivity index (χ1) is 7.54. The molecular formula is C12H16O3S. The third-order valence-electron chi connectivity index (χ3n) is 2.21. The van der Waals surface area contributed by atoms with Crippen LogP contribution in [-0.2, 0) is 9.53 Å². The van der Waals surface area contributed by atoms with E-state index in [2.05, 4.69) is 0 Å². The van der Waals surface area contributed by atoms with Gasteiger partial charge in [0.25, 0.3) is 0 Å². The number of ether oxygens (including phenoxy) is 1. The van der Waals surface area contributed by atoms with Crippen LogP contribution in [0.15, 0.2) is 12.1 Å². The topological polar surface area (TPSA) is 43.4 Å². The first-order valence-corrected chi connectivity index (χ1v) is 6.12. The molecule has 16 heavy (non-hydrogen) atoms. The second-order valence-electron chi connectivity index (χ2n) is 3.68. The summed E-state index contributed by atoms with van der Waals surface area (Å²) in [6.07, 6.45) is 0.156. The molecule has 0 aliphatic heterocycles. The lowest BCUT2D eigenvalue weighted by Crippen LogP contribution is -2.16. The van der Waals surface area contributed by atoms with Crippen LogP contribution in [0.25, 0.3) is 0 Å². The normalized spacial score (nSPS) is 12.2. The second-order valence-corrected chi connectivity index (χ2v) is 4.97. The van der Waals surface area contributed by atoms with E-state index in [9.17, 15) is 9.59 Å². The van der Waals surface area contributed by atoms with E-state index in [1.807, 2.05) is 19.1 Å². The first kappa shape index (κ1) is 12.9. The summed E-state index contributed by atoms with van der Waals surface area (Å²) in [5.41, 5.74) is 0. The number of esters is 1. The lowest BCUT2D eigenvalue weighted by molar-refractivity contribution is -0.143. The number of thiophene rings is 1. The van der Waals surface area contributed by atoms with Crippen LogP contribution in [-0.4, -0.2) is 18.4 Å². The molecule has 88 valence electrons. The Hall–Kier alpha value is -1.16. The molecule has 4 heteroatoms. The third kappa shape index (κ3) is 3.45. The largest absolute Gasteiger partial charge is 0.466 e. The van der Waals surface area contributed by atoms with E-state index in [1.165, 1.54) is 11.3 Å². The van der Waals surface area contributed by atoms with Gasteiger partial charge in [0.1, 0.15) is 0 Å². The summed E-state index contributed by atoms with van der Waals surface area (Å²) in [5, 5.41) is 0. The summed E-state index contributed by atoms with van der Waals surface area (Å²) >= 11 is 1.46. The van der Waals surface area contributed by atoms with E-state index in [-0.39, 0.29) is 24.1 Å². The predicted molar refractivity (Wildman–Crippen MR) is 63.8 cm³/mol. The number of rotatable bonds is 5. The number of carbonyl (C=O) groups excluding carboxylic acids is 2. The minimum Gasteiger partial charge on any atom is -0.466 e. The van der Waals surface area contributed by atoms with Crippen LogP contribution in [0.4, 0.5) is 0 Å².